The number of hydrogen-bond donors (Lipinski definition) is 2. The molecular formula is C21H20N4O5. The van der Waals surface area contributed by atoms with Crippen molar-refractivity contribution in [2.45, 2.75) is 45.6 Å². The molecule has 9 nitrogen and oxygen atoms in total. The predicted molar refractivity (Wildman–Crippen MR) is 106 cm³/mol. The highest BCUT2D eigenvalue weighted by atomic mass is 16.6. The van der Waals surface area contributed by atoms with Gasteiger partial charge in [0.1, 0.15) is 12.1 Å². The molecular weight excluding hydrogens is 388 g/mol. The summed E-state index contributed by atoms with van der Waals surface area (Å²) in [6, 6.07) is 3.38. The number of carbonyl (C=O) groups is 1. The molecule has 0 unspecified atom stereocenters. The van der Waals surface area contributed by atoms with Crippen LogP contribution in [0.15, 0.2) is 23.1 Å². The van der Waals surface area contributed by atoms with Crippen LogP contribution < -0.4 is 16.0 Å². The lowest BCUT2D eigenvalue weighted by molar-refractivity contribution is -0.612. The van der Waals surface area contributed by atoms with Crippen LogP contribution in [0.4, 0.5) is 0 Å². The van der Waals surface area contributed by atoms with Crippen LogP contribution in [0.5, 0.6) is 0 Å². The van der Waals surface area contributed by atoms with Crippen LogP contribution in [0.25, 0.3) is 22.3 Å². The average Bonchev–Trinajstić information content (AvgIpc) is 3.10. The van der Waals surface area contributed by atoms with Crippen molar-refractivity contribution in [1.29, 1.82) is 0 Å². The van der Waals surface area contributed by atoms with Crippen LogP contribution >= 0.6 is 0 Å². The SMILES string of the molecule is CC[C@@]1(O)C(=O)OCc2c1cc1n(c2=O)Cc2c-1nc1c[n+]([O-])c(CN)cc1c2C. The summed E-state index contributed by atoms with van der Waals surface area (Å²) in [6.07, 6.45) is 1.46. The largest absolute Gasteiger partial charge is 0.618 e. The summed E-state index contributed by atoms with van der Waals surface area (Å²) in [5.74, 6) is -0.760. The zero-order valence-electron chi connectivity index (χ0n) is 16.6. The van der Waals surface area contributed by atoms with E-state index in [1.807, 2.05) is 6.92 Å². The zero-order chi connectivity index (χ0) is 21.4. The molecule has 154 valence electrons. The number of aryl methyl sites for hydroxylation is 1. The Morgan fingerprint density at radius 2 is 2.13 bits per heavy atom. The van der Waals surface area contributed by atoms with Crippen LogP contribution in [0.3, 0.4) is 0 Å². The third kappa shape index (κ3) is 2.24. The third-order valence-corrected chi connectivity index (χ3v) is 6.30. The van der Waals surface area contributed by atoms with E-state index in [0.29, 0.717) is 33.9 Å². The van der Waals surface area contributed by atoms with Crippen molar-refractivity contribution >= 4 is 16.9 Å². The molecule has 3 N–H and O–H groups in total. The number of pyridine rings is 3. The number of ether oxygens (including phenoxy) is 1. The minimum Gasteiger partial charge on any atom is -0.618 e. The van der Waals surface area contributed by atoms with E-state index in [9.17, 15) is 19.9 Å². The fraction of sp³-hybridized carbons (Fsp3) is 0.333. The van der Waals surface area contributed by atoms with Crippen molar-refractivity contribution < 1.29 is 19.4 Å². The van der Waals surface area contributed by atoms with E-state index in [-0.39, 0.29) is 36.3 Å². The van der Waals surface area contributed by atoms with Gasteiger partial charge < -0.3 is 25.4 Å². The van der Waals surface area contributed by atoms with Crippen LogP contribution in [0, 0.1) is 12.1 Å². The average molecular weight is 408 g/mol. The molecule has 0 amide bonds. The smallest absolute Gasteiger partial charge is 0.343 e. The number of nitrogens with two attached hydrogens (primary N) is 1. The number of fused-ring (bicyclic) bond motifs is 5. The Bertz CT molecular complexity index is 1330. The molecule has 0 aromatic carbocycles. The number of aliphatic hydroxyl groups is 1. The minimum absolute atomic E-state index is 0.0802. The molecule has 3 aromatic rings. The van der Waals surface area contributed by atoms with Crippen molar-refractivity contribution in [3.8, 4) is 11.4 Å². The molecule has 9 heteroatoms. The normalized spacial score (nSPS) is 19.4. The zero-order valence-corrected chi connectivity index (χ0v) is 16.6. The molecule has 0 bridgehead atoms. The topological polar surface area (TPSA) is 134 Å². The highest BCUT2D eigenvalue weighted by molar-refractivity contribution is 5.88. The molecule has 0 fully saturated rings. The summed E-state index contributed by atoms with van der Waals surface area (Å²) in [4.78, 5) is 30.1. The number of cyclic esters (lactones) is 1. The lowest BCUT2D eigenvalue weighted by atomic mass is 9.86. The first-order chi connectivity index (χ1) is 14.3. The quantitative estimate of drug-likeness (QED) is 0.280. The third-order valence-electron chi connectivity index (χ3n) is 6.30. The maximum Gasteiger partial charge on any atom is 0.343 e. The Labute approximate surface area is 170 Å². The lowest BCUT2D eigenvalue weighted by Gasteiger charge is -2.31. The van der Waals surface area contributed by atoms with Gasteiger partial charge in [-0.25, -0.2) is 9.78 Å². The highest BCUT2D eigenvalue weighted by Gasteiger charge is 2.45. The van der Waals surface area contributed by atoms with Crippen LogP contribution in [0.2, 0.25) is 0 Å². The van der Waals surface area contributed by atoms with Crippen molar-refractivity contribution in [2.24, 2.45) is 5.73 Å². The Morgan fingerprint density at radius 3 is 2.83 bits per heavy atom. The molecule has 3 aromatic heterocycles. The Kier molecular flexibility index (Phi) is 3.80. The van der Waals surface area contributed by atoms with Crippen LogP contribution in [0.1, 0.15) is 41.3 Å². The molecule has 2 aliphatic rings. The number of carbonyl (C=O) groups excluding carboxylic acids is 1. The van der Waals surface area contributed by atoms with Gasteiger partial charge >= 0.3 is 5.97 Å². The van der Waals surface area contributed by atoms with Crippen molar-refractivity contribution in [1.82, 2.24) is 9.55 Å². The van der Waals surface area contributed by atoms with Gasteiger partial charge in [-0.3, -0.25) is 4.79 Å². The summed E-state index contributed by atoms with van der Waals surface area (Å²) in [7, 11) is 0. The van der Waals surface area contributed by atoms with E-state index >= 15 is 0 Å². The number of rotatable bonds is 2. The summed E-state index contributed by atoms with van der Waals surface area (Å²) in [6.45, 7) is 3.83. The van der Waals surface area contributed by atoms with E-state index < -0.39 is 11.6 Å². The van der Waals surface area contributed by atoms with E-state index in [0.717, 1.165) is 16.5 Å². The molecule has 2 aliphatic heterocycles. The second-order valence-corrected chi connectivity index (χ2v) is 7.76. The monoisotopic (exact) mass is 408 g/mol. The Hall–Kier alpha value is -3.30. The number of nitrogens with zero attached hydrogens (tertiary/aromatic N) is 3. The fourth-order valence-corrected chi connectivity index (χ4v) is 4.45. The van der Waals surface area contributed by atoms with Gasteiger partial charge in [0, 0.05) is 22.6 Å². The van der Waals surface area contributed by atoms with Gasteiger partial charge in [0.2, 0.25) is 11.9 Å². The molecule has 5 heterocycles. The summed E-state index contributed by atoms with van der Waals surface area (Å²) in [5.41, 5.74) is 7.79. The summed E-state index contributed by atoms with van der Waals surface area (Å²) < 4.78 is 7.36. The van der Waals surface area contributed by atoms with E-state index in [4.69, 9.17) is 10.5 Å². The van der Waals surface area contributed by atoms with Crippen molar-refractivity contribution in [3.05, 3.63) is 61.8 Å². The first-order valence-corrected chi connectivity index (χ1v) is 9.72. The number of esters is 1. The fourth-order valence-electron chi connectivity index (χ4n) is 4.45. The molecule has 0 saturated carbocycles. The second kappa shape index (κ2) is 6.10. The number of hydrogen-bond acceptors (Lipinski definition) is 7. The van der Waals surface area contributed by atoms with Gasteiger partial charge in [-0.05, 0) is 25.0 Å². The Balaban J connectivity index is 1.81. The first kappa shape index (κ1) is 18.7. The molecule has 1 atom stereocenters. The number of aromatic nitrogens is 3. The molecule has 0 radical (unpaired) electrons. The first-order valence-electron chi connectivity index (χ1n) is 9.72. The molecule has 0 spiro atoms. The van der Waals surface area contributed by atoms with Gasteiger partial charge in [0.25, 0.3) is 5.56 Å². The minimum atomic E-state index is -1.87. The van der Waals surface area contributed by atoms with Gasteiger partial charge in [0.15, 0.2) is 5.60 Å². The Morgan fingerprint density at radius 1 is 1.37 bits per heavy atom. The molecule has 0 aliphatic carbocycles. The highest BCUT2D eigenvalue weighted by Crippen LogP contribution is 2.39. The lowest BCUT2D eigenvalue weighted by Crippen LogP contribution is -2.44. The molecule has 30 heavy (non-hydrogen) atoms. The van der Waals surface area contributed by atoms with E-state index in [1.54, 1.807) is 23.6 Å². The van der Waals surface area contributed by atoms with E-state index in [2.05, 4.69) is 4.98 Å². The van der Waals surface area contributed by atoms with Gasteiger partial charge in [-0.2, -0.15) is 4.73 Å². The van der Waals surface area contributed by atoms with Crippen molar-refractivity contribution in [3.63, 3.8) is 0 Å². The maximum atomic E-state index is 13.2. The predicted octanol–water partition coefficient (Wildman–Crippen LogP) is 0.480. The van der Waals surface area contributed by atoms with Gasteiger partial charge in [0.05, 0.1) is 30.0 Å². The molecule has 0 saturated heterocycles. The summed E-state index contributed by atoms with van der Waals surface area (Å²) >= 11 is 0. The maximum absolute atomic E-state index is 13.2. The summed E-state index contributed by atoms with van der Waals surface area (Å²) in [5, 5.41) is 23.9. The van der Waals surface area contributed by atoms with Gasteiger partial charge in [-0.15, -0.1) is 0 Å². The van der Waals surface area contributed by atoms with Gasteiger partial charge in [-0.1, -0.05) is 6.92 Å². The van der Waals surface area contributed by atoms with Crippen LogP contribution in [-0.4, -0.2) is 20.6 Å². The standard InChI is InChI=1S/C21H20N4O5/c1-3-21(28)15-5-17-18-13(7-24(17)19(26)14(15)9-30-20(21)27)10(2)12-4-11(6-22)25(29)8-16(12)23-18/h4-5,8,28H,3,6-7,9,22H2,1-2H3/t21-/m0/s1. The second-order valence-electron chi connectivity index (χ2n) is 7.76. The van der Waals surface area contributed by atoms with E-state index in [1.165, 1.54) is 6.20 Å². The van der Waals surface area contributed by atoms with Crippen LogP contribution in [-0.2, 0) is 34.8 Å². The van der Waals surface area contributed by atoms with Crippen molar-refractivity contribution in [2.75, 3.05) is 0 Å². The molecule has 5 rings (SSSR count).